The first-order chi connectivity index (χ1) is 9.33. The minimum absolute atomic E-state index is 0.575. The molecule has 2 rings (SSSR count). The number of benzene rings is 1. The van der Waals surface area contributed by atoms with Crippen molar-refractivity contribution < 1.29 is 9.47 Å². The van der Waals surface area contributed by atoms with Crippen LogP contribution in [0.5, 0.6) is 11.5 Å². The van der Waals surface area contributed by atoms with Crippen molar-refractivity contribution in [1.82, 2.24) is 5.32 Å². The Morgan fingerprint density at radius 1 is 1.21 bits per heavy atom. The molecule has 1 unspecified atom stereocenters. The summed E-state index contributed by atoms with van der Waals surface area (Å²) in [6.45, 7) is 6.90. The lowest BCUT2D eigenvalue weighted by Gasteiger charge is -2.15. The summed E-state index contributed by atoms with van der Waals surface area (Å²) in [7, 11) is 0. The lowest BCUT2D eigenvalue weighted by atomic mass is 10.2. The van der Waals surface area contributed by atoms with Crippen molar-refractivity contribution in [2.45, 2.75) is 37.6 Å². The van der Waals surface area contributed by atoms with E-state index in [1.165, 1.54) is 4.90 Å². The van der Waals surface area contributed by atoms with E-state index >= 15 is 0 Å². The van der Waals surface area contributed by atoms with E-state index in [2.05, 4.69) is 31.3 Å². The van der Waals surface area contributed by atoms with Crippen molar-refractivity contribution in [2.24, 2.45) is 0 Å². The quantitative estimate of drug-likeness (QED) is 0.810. The van der Waals surface area contributed by atoms with E-state index in [1.54, 1.807) is 0 Å². The molecule has 0 spiro atoms. The molecule has 1 aromatic rings. The van der Waals surface area contributed by atoms with E-state index in [0.717, 1.165) is 49.9 Å². The van der Waals surface area contributed by atoms with Gasteiger partial charge in [-0.3, -0.25) is 0 Å². The van der Waals surface area contributed by atoms with E-state index in [1.807, 2.05) is 17.8 Å². The predicted molar refractivity (Wildman–Crippen MR) is 80.5 cm³/mol. The first-order valence-electron chi connectivity index (χ1n) is 7.09. The highest BCUT2D eigenvalue weighted by Gasteiger charge is 2.12. The number of ether oxygens (including phenoxy) is 2. The van der Waals surface area contributed by atoms with Gasteiger partial charge in [-0.15, -0.1) is 11.8 Å². The summed E-state index contributed by atoms with van der Waals surface area (Å²) in [5, 5.41) is 3.50. The molecular formula is C15H23NO2S. The number of rotatable bonds is 6. The topological polar surface area (TPSA) is 30.5 Å². The maximum atomic E-state index is 5.72. The van der Waals surface area contributed by atoms with Gasteiger partial charge in [0.2, 0.25) is 0 Å². The maximum absolute atomic E-state index is 5.72. The summed E-state index contributed by atoms with van der Waals surface area (Å²) < 4.78 is 11.4. The van der Waals surface area contributed by atoms with E-state index < -0.39 is 0 Å². The minimum Gasteiger partial charge on any atom is -0.490 e. The van der Waals surface area contributed by atoms with E-state index in [4.69, 9.17) is 9.47 Å². The first-order valence-corrected chi connectivity index (χ1v) is 8.07. The average molecular weight is 281 g/mol. The Balaban J connectivity index is 1.95. The molecule has 0 aliphatic carbocycles. The van der Waals surface area contributed by atoms with Gasteiger partial charge in [-0.1, -0.05) is 13.8 Å². The van der Waals surface area contributed by atoms with E-state index in [0.29, 0.717) is 6.04 Å². The van der Waals surface area contributed by atoms with Gasteiger partial charge in [0.1, 0.15) is 0 Å². The van der Waals surface area contributed by atoms with Crippen molar-refractivity contribution in [3.63, 3.8) is 0 Å². The monoisotopic (exact) mass is 281 g/mol. The summed E-state index contributed by atoms with van der Waals surface area (Å²) in [6.07, 6.45) is 2.11. The summed E-state index contributed by atoms with van der Waals surface area (Å²) in [4.78, 5) is 1.25. The zero-order valence-electron chi connectivity index (χ0n) is 11.8. The molecule has 4 heteroatoms. The molecule has 1 aliphatic rings. The van der Waals surface area contributed by atoms with Crippen LogP contribution in [-0.2, 0) is 0 Å². The SMILES string of the molecule is CCNC(CC)CSc1ccc2c(c1)OCCCO2. The number of fused-ring (bicyclic) bond motifs is 1. The predicted octanol–water partition coefficient (Wildman–Crippen LogP) is 3.33. The van der Waals surface area contributed by atoms with Gasteiger partial charge in [0.15, 0.2) is 11.5 Å². The molecule has 1 aliphatic heterocycles. The van der Waals surface area contributed by atoms with Crippen LogP contribution in [0.25, 0.3) is 0 Å². The summed E-state index contributed by atoms with van der Waals surface area (Å²) >= 11 is 1.87. The fourth-order valence-corrected chi connectivity index (χ4v) is 3.14. The standard InChI is InChI=1S/C15H23NO2S/c1-3-12(16-4-2)11-19-13-6-7-14-15(10-13)18-9-5-8-17-14/h6-7,10,12,16H,3-5,8-9,11H2,1-2H3. The zero-order chi connectivity index (χ0) is 13.5. The lowest BCUT2D eigenvalue weighted by Crippen LogP contribution is -2.30. The fraction of sp³-hybridized carbons (Fsp3) is 0.600. The zero-order valence-corrected chi connectivity index (χ0v) is 12.6. The highest BCUT2D eigenvalue weighted by atomic mass is 32.2. The van der Waals surface area contributed by atoms with Crippen LogP contribution in [0.2, 0.25) is 0 Å². The molecule has 106 valence electrons. The fourth-order valence-electron chi connectivity index (χ4n) is 2.04. The van der Waals surface area contributed by atoms with Crippen LogP contribution >= 0.6 is 11.8 Å². The second-order valence-corrected chi connectivity index (χ2v) is 5.73. The van der Waals surface area contributed by atoms with Crippen LogP contribution in [0.3, 0.4) is 0 Å². The van der Waals surface area contributed by atoms with Crippen molar-refractivity contribution >= 4 is 11.8 Å². The van der Waals surface area contributed by atoms with Crippen molar-refractivity contribution in [1.29, 1.82) is 0 Å². The summed E-state index contributed by atoms with van der Waals surface area (Å²) in [5.41, 5.74) is 0. The molecule has 0 fully saturated rings. The van der Waals surface area contributed by atoms with Crippen LogP contribution in [0, 0.1) is 0 Å². The second kappa shape index (κ2) is 7.65. The average Bonchev–Trinajstić information content (AvgIpc) is 2.68. The largest absolute Gasteiger partial charge is 0.490 e. The first kappa shape index (κ1) is 14.5. The molecular weight excluding hydrogens is 258 g/mol. The second-order valence-electron chi connectivity index (χ2n) is 4.63. The maximum Gasteiger partial charge on any atom is 0.162 e. The van der Waals surface area contributed by atoms with Gasteiger partial charge in [-0.25, -0.2) is 0 Å². The third-order valence-corrected chi connectivity index (χ3v) is 4.31. The van der Waals surface area contributed by atoms with Crippen molar-refractivity contribution in [2.75, 3.05) is 25.5 Å². The molecule has 1 heterocycles. The number of hydrogen-bond acceptors (Lipinski definition) is 4. The lowest BCUT2D eigenvalue weighted by molar-refractivity contribution is 0.297. The Labute approximate surface area is 120 Å². The van der Waals surface area contributed by atoms with Crippen LogP contribution in [0.4, 0.5) is 0 Å². The molecule has 1 aromatic carbocycles. The highest BCUT2D eigenvalue weighted by Crippen LogP contribution is 2.34. The van der Waals surface area contributed by atoms with Gasteiger partial charge >= 0.3 is 0 Å². The summed E-state index contributed by atoms with van der Waals surface area (Å²) in [5.74, 6) is 2.85. The molecule has 0 saturated heterocycles. The van der Waals surface area contributed by atoms with Gasteiger partial charge in [-0.05, 0) is 31.2 Å². The Morgan fingerprint density at radius 3 is 2.74 bits per heavy atom. The Morgan fingerprint density at radius 2 is 2.00 bits per heavy atom. The van der Waals surface area contributed by atoms with Gasteiger partial charge in [0.05, 0.1) is 13.2 Å². The van der Waals surface area contributed by atoms with E-state index in [9.17, 15) is 0 Å². The Bertz CT molecular complexity index is 398. The van der Waals surface area contributed by atoms with Crippen LogP contribution in [0.1, 0.15) is 26.7 Å². The van der Waals surface area contributed by atoms with Gasteiger partial charge < -0.3 is 14.8 Å². The third-order valence-electron chi connectivity index (χ3n) is 3.16. The highest BCUT2D eigenvalue weighted by molar-refractivity contribution is 7.99. The number of thioether (sulfide) groups is 1. The third kappa shape index (κ3) is 4.32. The number of nitrogens with one attached hydrogen (secondary N) is 1. The molecule has 3 nitrogen and oxygen atoms in total. The van der Waals surface area contributed by atoms with Crippen LogP contribution in [-0.4, -0.2) is 31.6 Å². The molecule has 1 atom stereocenters. The van der Waals surface area contributed by atoms with Crippen molar-refractivity contribution in [3.8, 4) is 11.5 Å². The van der Waals surface area contributed by atoms with Gasteiger partial charge in [-0.2, -0.15) is 0 Å². The van der Waals surface area contributed by atoms with Crippen LogP contribution in [0.15, 0.2) is 23.1 Å². The number of hydrogen-bond donors (Lipinski definition) is 1. The molecule has 0 saturated carbocycles. The van der Waals surface area contributed by atoms with E-state index in [-0.39, 0.29) is 0 Å². The molecule has 0 bridgehead atoms. The smallest absolute Gasteiger partial charge is 0.162 e. The Kier molecular flexibility index (Phi) is 5.86. The molecule has 0 radical (unpaired) electrons. The Hall–Kier alpha value is -0.870. The molecule has 0 aromatic heterocycles. The van der Waals surface area contributed by atoms with Gasteiger partial charge in [0.25, 0.3) is 0 Å². The summed E-state index contributed by atoms with van der Waals surface area (Å²) in [6, 6.07) is 6.82. The van der Waals surface area contributed by atoms with Gasteiger partial charge in [0, 0.05) is 23.1 Å². The molecule has 0 amide bonds. The molecule has 19 heavy (non-hydrogen) atoms. The molecule has 1 N–H and O–H groups in total. The van der Waals surface area contributed by atoms with Crippen LogP contribution < -0.4 is 14.8 Å². The normalized spacial score (nSPS) is 15.9. The minimum atomic E-state index is 0.575. The van der Waals surface area contributed by atoms with Crippen molar-refractivity contribution in [3.05, 3.63) is 18.2 Å².